The summed E-state index contributed by atoms with van der Waals surface area (Å²) in [5.41, 5.74) is 8.92. The zero-order valence-electron chi connectivity index (χ0n) is 13.7. The van der Waals surface area contributed by atoms with E-state index in [1.54, 1.807) is 6.20 Å². The molecule has 0 aliphatic heterocycles. The van der Waals surface area contributed by atoms with Gasteiger partial charge >= 0.3 is 0 Å². The van der Waals surface area contributed by atoms with Crippen molar-refractivity contribution < 1.29 is 0 Å². The molecule has 0 radical (unpaired) electrons. The Hall–Kier alpha value is -1.41. The molecule has 9 heteroatoms. The molecule has 4 rings (SSSR count). The minimum atomic E-state index is -0.0693. The van der Waals surface area contributed by atoms with Gasteiger partial charge in [0.2, 0.25) is 0 Å². The Labute approximate surface area is 161 Å². The van der Waals surface area contributed by atoms with Crippen LogP contribution in [-0.4, -0.2) is 26.2 Å². The second-order valence-electron chi connectivity index (χ2n) is 6.24. The van der Waals surface area contributed by atoms with Gasteiger partial charge < -0.3 is 10.7 Å². The van der Waals surface area contributed by atoms with Gasteiger partial charge in [-0.05, 0) is 25.8 Å². The molecule has 0 bridgehead atoms. The lowest BCUT2D eigenvalue weighted by molar-refractivity contribution is 0.373. The van der Waals surface area contributed by atoms with Crippen LogP contribution in [0.25, 0.3) is 20.7 Å². The lowest BCUT2D eigenvalue weighted by Crippen LogP contribution is -2.33. The first-order valence-corrected chi connectivity index (χ1v) is 8.75. The van der Waals surface area contributed by atoms with Gasteiger partial charge in [-0.2, -0.15) is 5.10 Å². The van der Waals surface area contributed by atoms with Crippen LogP contribution in [0.5, 0.6) is 0 Å². The van der Waals surface area contributed by atoms with Crippen LogP contribution >= 0.6 is 36.2 Å². The van der Waals surface area contributed by atoms with Crippen LogP contribution in [0.3, 0.4) is 0 Å². The molecule has 0 spiro atoms. The summed E-state index contributed by atoms with van der Waals surface area (Å²) >= 11 is 1.45. The van der Waals surface area contributed by atoms with Crippen molar-refractivity contribution >= 4 is 46.4 Å². The average molecular weight is 402 g/mol. The van der Waals surface area contributed by atoms with E-state index in [0.29, 0.717) is 4.70 Å². The molecule has 3 aromatic rings. The Morgan fingerprint density at radius 3 is 2.72 bits per heavy atom. The van der Waals surface area contributed by atoms with Crippen molar-refractivity contribution in [3.8, 4) is 10.4 Å². The number of nitrogens with zero attached hydrogens (tertiary/aromatic N) is 2. The summed E-state index contributed by atoms with van der Waals surface area (Å²) < 4.78 is 0.661. The van der Waals surface area contributed by atoms with Gasteiger partial charge in [-0.25, -0.2) is 4.98 Å². The molecule has 0 saturated heterocycles. The molecule has 0 amide bonds. The average Bonchev–Trinajstić information content (AvgIpc) is 3.13. The van der Waals surface area contributed by atoms with Crippen LogP contribution in [0.4, 0.5) is 0 Å². The van der Waals surface area contributed by atoms with E-state index in [-0.39, 0.29) is 42.3 Å². The normalized spacial score (nSPS) is 20.1. The fourth-order valence-electron chi connectivity index (χ4n) is 3.36. The number of aromatic nitrogens is 4. The lowest BCUT2D eigenvalue weighted by Gasteiger charge is -2.27. The quantitative estimate of drug-likeness (QED) is 0.611. The summed E-state index contributed by atoms with van der Waals surface area (Å²) in [7, 11) is 0. The highest BCUT2D eigenvalue weighted by Crippen LogP contribution is 2.34. The van der Waals surface area contributed by atoms with Crippen LogP contribution in [0.15, 0.2) is 17.1 Å². The number of fused-ring (bicyclic) bond motifs is 1. The highest BCUT2D eigenvalue weighted by Gasteiger charge is 2.26. The molecule has 2 atom stereocenters. The number of hydrogen-bond acceptors (Lipinski definition) is 5. The predicted molar refractivity (Wildman–Crippen MR) is 106 cm³/mol. The molecule has 0 aromatic carbocycles. The van der Waals surface area contributed by atoms with Crippen molar-refractivity contribution in [2.24, 2.45) is 5.73 Å². The molecule has 3 aromatic heterocycles. The minimum absolute atomic E-state index is 0. The van der Waals surface area contributed by atoms with E-state index >= 15 is 0 Å². The fourth-order valence-corrected chi connectivity index (χ4v) is 4.42. The summed E-state index contributed by atoms with van der Waals surface area (Å²) in [5.74, 6) is 0.892. The van der Waals surface area contributed by atoms with Crippen LogP contribution in [0, 0.1) is 6.92 Å². The molecule has 1 saturated carbocycles. The number of rotatable bonds is 2. The Morgan fingerprint density at radius 2 is 2.04 bits per heavy atom. The topological polar surface area (TPSA) is 100 Å². The number of halogens is 2. The zero-order valence-corrected chi connectivity index (χ0v) is 16.2. The van der Waals surface area contributed by atoms with E-state index in [0.717, 1.165) is 53.2 Å². The van der Waals surface area contributed by atoms with Crippen molar-refractivity contribution in [3.63, 3.8) is 0 Å². The first-order valence-electron chi connectivity index (χ1n) is 7.93. The molecule has 136 valence electrons. The molecule has 1 aliphatic rings. The molecule has 4 N–H and O–H groups in total. The Morgan fingerprint density at radius 1 is 1.28 bits per heavy atom. The van der Waals surface area contributed by atoms with E-state index in [2.05, 4.69) is 15.2 Å². The van der Waals surface area contributed by atoms with Crippen molar-refractivity contribution in [2.45, 2.75) is 44.6 Å². The maximum absolute atomic E-state index is 12.5. The number of H-pyrrole nitrogens is 2. The number of thiophene rings is 1. The monoisotopic (exact) mass is 401 g/mol. The third-order valence-corrected chi connectivity index (χ3v) is 5.82. The van der Waals surface area contributed by atoms with Gasteiger partial charge in [-0.15, -0.1) is 36.2 Å². The standard InChI is InChI=1S/C16H19N5OS.2ClH/c1-8-10(7-18-21-8)13-6-12-14(23-13)16(22)20-15(19-12)9-4-2-3-5-11(9)17;;/h6-7,9,11H,2-5,17H2,1H3,(H,18,21)(H,19,20,22);2*1H. The Bertz CT molecular complexity index is 919. The maximum Gasteiger partial charge on any atom is 0.268 e. The molecule has 1 aliphatic carbocycles. The summed E-state index contributed by atoms with van der Waals surface area (Å²) in [5, 5.41) is 6.98. The Balaban J connectivity index is 0.00000113. The van der Waals surface area contributed by atoms with E-state index in [1.165, 1.54) is 11.3 Å². The molecule has 6 nitrogen and oxygen atoms in total. The van der Waals surface area contributed by atoms with Gasteiger partial charge in [0.15, 0.2) is 0 Å². The molecular formula is C16H21Cl2N5OS. The van der Waals surface area contributed by atoms with Gasteiger partial charge in [0.1, 0.15) is 10.5 Å². The maximum atomic E-state index is 12.5. The largest absolute Gasteiger partial charge is 0.327 e. The minimum Gasteiger partial charge on any atom is -0.327 e. The van der Waals surface area contributed by atoms with Crippen LogP contribution < -0.4 is 11.3 Å². The van der Waals surface area contributed by atoms with Gasteiger partial charge in [0, 0.05) is 28.1 Å². The summed E-state index contributed by atoms with van der Waals surface area (Å²) in [6.45, 7) is 1.97. The molecular weight excluding hydrogens is 381 g/mol. The van der Waals surface area contributed by atoms with Gasteiger partial charge in [0.05, 0.1) is 11.7 Å². The Kier molecular flexibility index (Phi) is 6.26. The van der Waals surface area contributed by atoms with E-state index in [9.17, 15) is 4.79 Å². The first kappa shape index (κ1) is 19.9. The summed E-state index contributed by atoms with van der Waals surface area (Å²) in [4.78, 5) is 21.2. The van der Waals surface area contributed by atoms with Gasteiger partial charge in [-0.3, -0.25) is 9.89 Å². The van der Waals surface area contributed by atoms with Crippen molar-refractivity contribution in [1.82, 2.24) is 20.2 Å². The van der Waals surface area contributed by atoms with Crippen molar-refractivity contribution in [3.05, 3.63) is 34.1 Å². The predicted octanol–water partition coefficient (Wildman–Crippen LogP) is 3.51. The van der Waals surface area contributed by atoms with E-state index in [4.69, 9.17) is 10.7 Å². The highest BCUT2D eigenvalue weighted by atomic mass is 35.5. The third kappa shape index (κ3) is 3.60. The van der Waals surface area contributed by atoms with Crippen molar-refractivity contribution in [2.75, 3.05) is 0 Å². The van der Waals surface area contributed by atoms with Crippen LogP contribution in [0.1, 0.15) is 43.1 Å². The SMILES string of the molecule is Cc1[nH]ncc1-c1cc2nc(C3CCCCC3N)[nH]c(=O)c2s1.Cl.Cl. The molecule has 2 unspecified atom stereocenters. The third-order valence-electron chi connectivity index (χ3n) is 4.67. The molecule has 1 fully saturated rings. The number of hydrogen-bond donors (Lipinski definition) is 3. The molecule has 3 heterocycles. The summed E-state index contributed by atoms with van der Waals surface area (Å²) in [6.07, 6.45) is 6.07. The van der Waals surface area contributed by atoms with Crippen molar-refractivity contribution in [1.29, 1.82) is 0 Å². The van der Waals surface area contributed by atoms with E-state index in [1.807, 2.05) is 13.0 Å². The highest BCUT2D eigenvalue weighted by molar-refractivity contribution is 7.22. The smallest absolute Gasteiger partial charge is 0.268 e. The second kappa shape index (κ2) is 7.86. The lowest BCUT2D eigenvalue weighted by atomic mass is 9.84. The number of aryl methyl sites for hydroxylation is 1. The number of aromatic amines is 2. The fraction of sp³-hybridized carbons (Fsp3) is 0.438. The van der Waals surface area contributed by atoms with Crippen LogP contribution in [0.2, 0.25) is 0 Å². The van der Waals surface area contributed by atoms with Crippen LogP contribution in [-0.2, 0) is 0 Å². The van der Waals surface area contributed by atoms with Gasteiger partial charge in [0.25, 0.3) is 5.56 Å². The first-order chi connectivity index (χ1) is 11.1. The van der Waals surface area contributed by atoms with Gasteiger partial charge in [-0.1, -0.05) is 12.8 Å². The number of nitrogens with one attached hydrogen (secondary N) is 2. The number of nitrogens with two attached hydrogens (primary N) is 1. The summed E-state index contributed by atoms with van der Waals surface area (Å²) in [6, 6.07) is 2.06. The second-order valence-corrected chi connectivity index (χ2v) is 7.29. The van der Waals surface area contributed by atoms with E-state index < -0.39 is 0 Å². The zero-order chi connectivity index (χ0) is 16.0. The molecule has 25 heavy (non-hydrogen) atoms.